The number of amides is 2. The monoisotopic (exact) mass is 564 g/mol. The van der Waals surface area contributed by atoms with Crippen LogP contribution in [-0.2, 0) is 23.0 Å². The van der Waals surface area contributed by atoms with Crippen molar-refractivity contribution in [2.24, 2.45) is 13.0 Å². The lowest BCUT2D eigenvalue weighted by Crippen LogP contribution is -2.38. The summed E-state index contributed by atoms with van der Waals surface area (Å²) in [5, 5.41) is 15.4. The molecule has 11 nitrogen and oxygen atoms in total. The van der Waals surface area contributed by atoms with E-state index in [1.165, 1.54) is 0 Å². The molecule has 0 aliphatic carbocycles. The van der Waals surface area contributed by atoms with Crippen molar-refractivity contribution in [3.63, 3.8) is 0 Å². The van der Waals surface area contributed by atoms with Gasteiger partial charge in [-0.15, -0.1) is 0 Å². The van der Waals surface area contributed by atoms with E-state index in [4.69, 9.17) is 19.8 Å². The molecule has 2 aliphatic heterocycles. The van der Waals surface area contributed by atoms with Gasteiger partial charge in [-0.05, 0) is 52.0 Å². The van der Waals surface area contributed by atoms with Gasteiger partial charge in [-0.25, -0.2) is 14.5 Å². The quantitative estimate of drug-likeness (QED) is 0.336. The standard InChI is InChI=1S/C30H44N8O3/c1-5-6-7-8-11-22(33-28(40)25-12-15-32-37(25)4)24-19-38-29(34-24)35-26(21-13-16-41-30(2,3)18-21)23(36-38)17-20-10-9-14-31-27(20)39/h12,15,19-22H,5-11,13-14,16-18H2,1-4H3,(H,31,39)(H,33,40). The third-order valence-electron chi connectivity index (χ3n) is 8.42. The molecule has 5 heterocycles. The Morgan fingerprint density at radius 2 is 2.10 bits per heavy atom. The first-order valence-electron chi connectivity index (χ1n) is 15.2. The summed E-state index contributed by atoms with van der Waals surface area (Å²) in [4.78, 5) is 35.8. The van der Waals surface area contributed by atoms with Crippen molar-refractivity contribution in [1.82, 2.24) is 40.0 Å². The summed E-state index contributed by atoms with van der Waals surface area (Å²) in [6, 6.07) is 1.43. The van der Waals surface area contributed by atoms with E-state index >= 15 is 0 Å². The van der Waals surface area contributed by atoms with Crippen LogP contribution in [-0.4, -0.2) is 59.9 Å². The summed E-state index contributed by atoms with van der Waals surface area (Å²) in [5.41, 5.74) is 2.76. The highest BCUT2D eigenvalue weighted by atomic mass is 16.5. The maximum Gasteiger partial charge on any atom is 0.270 e. The highest BCUT2D eigenvalue weighted by Crippen LogP contribution is 2.37. The highest BCUT2D eigenvalue weighted by Gasteiger charge is 2.34. The lowest BCUT2D eigenvalue weighted by molar-refractivity contribution is -0.126. The van der Waals surface area contributed by atoms with E-state index in [-0.39, 0.29) is 35.3 Å². The lowest BCUT2D eigenvalue weighted by Gasteiger charge is -2.35. The number of ether oxygens (including phenoxy) is 1. The number of rotatable bonds is 11. The van der Waals surface area contributed by atoms with E-state index in [9.17, 15) is 9.59 Å². The van der Waals surface area contributed by atoms with Crippen LogP contribution < -0.4 is 10.6 Å². The van der Waals surface area contributed by atoms with Crippen molar-refractivity contribution in [3.8, 4) is 0 Å². The summed E-state index contributed by atoms with van der Waals surface area (Å²) in [5.74, 6) is 0.483. The second kappa shape index (κ2) is 12.7. The average molecular weight is 565 g/mol. The first-order valence-corrected chi connectivity index (χ1v) is 15.2. The summed E-state index contributed by atoms with van der Waals surface area (Å²) < 4.78 is 9.30. The van der Waals surface area contributed by atoms with Gasteiger partial charge in [-0.1, -0.05) is 32.6 Å². The van der Waals surface area contributed by atoms with Gasteiger partial charge in [0, 0.05) is 44.7 Å². The first kappa shape index (κ1) is 29.2. The van der Waals surface area contributed by atoms with Gasteiger partial charge >= 0.3 is 0 Å². The Morgan fingerprint density at radius 3 is 2.83 bits per heavy atom. The summed E-state index contributed by atoms with van der Waals surface area (Å²) in [6.45, 7) is 7.80. The van der Waals surface area contributed by atoms with Crippen LogP contribution in [0.5, 0.6) is 0 Å². The number of hydrogen-bond acceptors (Lipinski definition) is 7. The zero-order valence-corrected chi connectivity index (χ0v) is 24.9. The number of nitrogens with one attached hydrogen (secondary N) is 2. The van der Waals surface area contributed by atoms with Gasteiger partial charge in [0.15, 0.2) is 0 Å². The van der Waals surface area contributed by atoms with Crippen LogP contribution in [0.25, 0.3) is 5.78 Å². The summed E-state index contributed by atoms with van der Waals surface area (Å²) >= 11 is 0. The van der Waals surface area contributed by atoms with Gasteiger partial charge in [0.2, 0.25) is 5.91 Å². The normalized spacial score (nSPS) is 21.5. The van der Waals surface area contributed by atoms with Crippen molar-refractivity contribution >= 4 is 17.6 Å². The number of carbonyl (C=O) groups is 2. The fourth-order valence-corrected chi connectivity index (χ4v) is 6.15. The van der Waals surface area contributed by atoms with Crippen molar-refractivity contribution in [3.05, 3.63) is 41.2 Å². The number of imidazole rings is 1. The number of fused-ring (bicyclic) bond motifs is 1. The molecule has 2 amide bonds. The second-order valence-corrected chi connectivity index (χ2v) is 12.2. The van der Waals surface area contributed by atoms with Gasteiger partial charge in [-0.3, -0.25) is 14.3 Å². The predicted molar refractivity (Wildman–Crippen MR) is 154 cm³/mol. The fourth-order valence-electron chi connectivity index (χ4n) is 6.15. The number of unbranched alkanes of at least 4 members (excludes halogenated alkanes) is 3. The summed E-state index contributed by atoms with van der Waals surface area (Å²) in [7, 11) is 1.76. The van der Waals surface area contributed by atoms with E-state index in [0.29, 0.717) is 24.5 Å². The molecule has 5 rings (SSSR count). The molecule has 0 aromatic carbocycles. The Labute approximate surface area is 241 Å². The fraction of sp³-hybridized carbons (Fsp3) is 0.667. The lowest BCUT2D eigenvalue weighted by atomic mass is 9.83. The van der Waals surface area contributed by atoms with Gasteiger partial charge in [0.25, 0.3) is 11.7 Å². The molecule has 41 heavy (non-hydrogen) atoms. The molecule has 0 saturated carbocycles. The van der Waals surface area contributed by atoms with Gasteiger partial charge in [0.1, 0.15) is 5.69 Å². The molecular formula is C30H44N8O3. The molecule has 3 unspecified atom stereocenters. The average Bonchev–Trinajstić information content (AvgIpc) is 3.56. The van der Waals surface area contributed by atoms with Crippen LogP contribution in [0.15, 0.2) is 18.5 Å². The molecule has 3 aromatic rings. The van der Waals surface area contributed by atoms with E-state index in [1.54, 1.807) is 28.5 Å². The summed E-state index contributed by atoms with van der Waals surface area (Å²) in [6.07, 6.45) is 12.7. The number of piperidine rings is 1. The Hall–Kier alpha value is -3.34. The molecule has 3 atom stereocenters. The molecule has 0 radical (unpaired) electrons. The molecule has 2 saturated heterocycles. The number of carbonyl (C=O) groups excluding carboxylic acids is 2. The third-order valence-corrected chi connectivity index (χ3v) is 8.42. The number of hydrogen-bond donors (Lipinski definition) is 2. The molecular weight excluding hydrogens is 520 g/mol. The van der Waals surface area contributed by atoms with Crippen LogP contribution in [0.4, 0.5) is 0 Å². The van der Waals surface area contributed by atoms with E-state index in [0.717, 1.165) is 81.4 Å². The van der Waals surface area contributed by atoms with Crippen molar-refractivity contribution in [2.45, 2.75) is 103 Å². The molecule has 2 aliphatic rings. The molecule has 2 fully saturated rings. The zero-order valence-electron chi connectivity index (χ0n) is 24.9. The van der Waals surface area contributed by atoms with Crippen LogP contribution in [0.3, 0.4) is 0 Å². The van der Waals surface area contributed by atoms with Crippen molar-refractivity contribution in [1.29, 1.82) is 0 Å². The topological polar surface area (TPSA) is 128 Å². The van der Waals surface area contributed by atoms with Gasteiger partial charge in [0.05, 0.1) is 34.9 Å². The minimum atomic E-state index is -0.282. The maximum absolute atomic E-state index is 13.2. The Kier molecular flexibility index (Phi) is 9.01. The maximum atomic E-state index is 13.2. The van der Waals surface area contributed by atoms with Crippen LogP contribution in [0.2, 0.25) is 0 Å². The zero-order chi connectivity index (χ0) is 29.0. The van der Waals surface area contributed by atoms with Gasteiger partial charge < -0.3 is 15.4 Å². The minimum Gasteiger partial charge on any atom is -0.376 e. The van der Waals surface area contributed by atoms with E-state index in [1.807, 2.05) is 6.20 Å². The van der Waals surface area contributed by atoms with E-state index in [2.05, 4.69) is 36.5 Å². The number of aryl methyl sites for hydroxylation is 1. The smallest absolute Gasteiger partial charge is 0.270 e. The van der Waals surface area contributed by atoms with Crippen molar-refractivity contribution in [2.75, 3.05) is 13.2 Å². The number of nitrogens with zero attached hydrogens (tertiary/aromatic N) is 6. The molecule has 222 valence electrons. The molecule has 3 aromatic heterocycles. The Morgan fingerprint density at radius 1 is 1.24 bits per heavy atom. The third kappa shape index (κ3) is 6.94. The minimum absolute atomic E-state index is 0.0905. The van der Waals surface area contributed by atoms with Crippen molar-refractivity contribution < 1.29 is 14.3 Å². The van der Waals surface area contributed by atoms with E-state index < -0.39 is 0 Å². The molecule has 2 N–H and O–H groups in total. The SMILES string of the molecule is CCCCCCC(NC(=O)c1ccnn1C)c1cn2nc(CC3CCCNC3=O)c(C3CCOC(C)(C)C3)nc2n1. The highest BCUT2D eigenvalue weighted by molar-refractivity contribution is 5.92. The largest absolute Gasteiger partial charge is 0.376 e. The molecule has 0 bridgehead atoms. The van der Waals surface area contributed by atoms with Crippen LogP contribution >= 0.6 is 0 Å². The van der Waals surface area contributed by atoms with Crippen LogP contribution in [0, 0.1) is 5.92 Å². The first-order chi connectivity index (χ1) is 19.7. The number of aromatic nitrogens is 6. The predicted octanol–water partition coefficient (Wildman–Crippen LogP) is 4.04. The molecule has 11 heteroatoms. The Bertz CT molecular complexity index is 1360. The molecule has 0 spiro atoms. The second-order valence-electron chi connectivity index (χ2n) is 12.2. The van der Waals surface area contributed by atoms with Crippen LogP contribution in [0.1, 0.15) is 118 Å². The Balaban J connectivity index is 1.48. The van der Waals surface area contributed by atoms with Gasteiger partial charge in [-0.2, -0.15) is 10.2 Å².